The van der Waals surface area contributed by atoms with Crippen molar-refractivity contribution in [1.29, 1.82) is 0 Å². The first-order valence-corrected chi connectivity index (χ1v) is 5.64. The molecule has 1 aliphatic carbocycles. The Labute approximate surface area is 79.7 Å². The molecule has 0 N–H and O–H groups in total. The summed E-state index contributed by atoms with van der Waals surface area (Å²) in [7, 11) is 2.10. The summed E-state index contributed by atoms with van der Waals surface area (Å²) < 4.78 is 15.9. The molecule has 70 valence electrons. The van der Waals surface area contributed by atoms with Crippen LogP contribution in [0.1, 0.15) is 0 Å². The zero-order valence-corrected chi connectivity index (χ0v) is 9.03. The molecule has 0 bridgehead atoms. The Bertz CT molecular complexity index is 243. The van der Waals surface area contributed by atoms with Crippen molar-refractivity contribution in [3.8, 4) is 0 Å². The molecule has 0 unspecified atom stereocenters. The Morgan fingerprint density at radius 1 is 1.08 bits per heavy atom. The predicted molar refractivity (Wildman–Crippen MR) is 51.8 cm³/mol. The van der Waals surface area contributed by atoms with Gasteiger partial charge in [-0.15, -0.1) is 0 Å². The molecular formula is C9H13O3Si+. The van der Waals surface area contributed by atoms with Gasteiger partial charge in [0, 0.05) is 39.6 Å². The fourth-order valence-electron chi connectivity index (χ4n) is 1.16. The van der Waals surface area contributed by atoms with E-state index in [0.717, 1.165) is 5.20 Å². The molecule has 3 nitrogen and oxygen atoms in total. The summed E-state index contributed by atoms with van der Waals surface area (Å²) in [6, 6.07) is 0. The highest BCUT2D eigenvalue weighted by Crippen LogP contribution is 2.20. The lowest BCUT2D eigenvalue weighted by molar-refractivity contribution is 0.135. The highest BCUT2D eigenvalue weighted by Gasteiger charge is 2.47. The predicted octanol–water partition coefficient (Wildman–Crippen LogP) is 1.26. The monoisotopic (exact) mass is 197 g/mol. The number of rotatable bonds is 4. The van der Waals surface area contributed by atoms with Crippen LogP contribution in [0.15, 0.2) is 29.5 Å². The third-order valence-electron chi connectivity index (χ3n) is 1.85. The van der Waals surface area contributed by atoms with Crippen LogP contribution in [0.3, 0.4) is 0 Å². The van der Waals surface area contributed by atoms with Gasteiger partial charge in [-0.2, -0.15) is 0 Å². The molecule has 0 radical (unpaired) electrons. The molecule has 0 fully saturated rings. The van der Waals surface area contributed by atoms with Crippen molar-refractivity contribution in [1.82, 2.24) is 0 Å². The zero-order valence-electron chi connectivity index (χ0n) is 8.03. The molecule has 13 heavy (non-hydrogen) atoms. The highest BCUT2D eigenvalue weighted by molar-refractivity contribution is 6.69. The van der Waals surface area contributed by atoms with Crippen molar-refractivity contribution in [3.05, 3.63) is 35.6 Å². The fourth-order valence-corrected chi connectivity index (χ4v) is 2.88. The number of hydrogen-bond acceptors (Lipinski definition) is 3. The van der Waals surface area contributed by atoms with Gasteiger partial charge in [0.25, 0.3) is 0 Å². The zero-order chi connectivity index (χ0) is 9.73. The Hall–Kier alpha value is -0.773. The summed E-state index contributed by atoms with van der Waals surface area (Å²) >= 11 is 0. The first-order valence-electron chi connectivity index (χ1n) is 3.91. The van der Waals surface area contributed by atoms with E-state index < -0.39 is 8.80 Å². The Kier molecular flexibility index (Phi) is 3.54. The maximum Gasteiger partial charge on any atom is 0.574 e. The second-order valence-electron chi connectivity index (χ2n) is 2.44. The van der Waals surface area contributed by atoms with Gasteiger partial charge in [-0.25, -0.2) is 0 Å². The molecule has 0 aromatic carbocycles. The second kappa shape index (κ2) is 4.46. The van der Waals surface area contributed by atoms with Crippen LogP contribution < -0.4 is 0 Å². The molecule has 0 atom stereocenters. The van der Waals surface area contributed by atoms with Gasteiger partial charge in [0.2, 0.25) is 0 Å². The van der Waals surface area contributed by atoms with E-state index in [1.165, 1.54) is 0 Å². The molecule has 1 aliphatic rings. The van der Waals surface area contributed by atoms with E-state index in [-0.39, 0.29) is 0 Å². The van der Waals surface area contributed by atoms with Crippen molar-refractivity contribution in [2.24, 2.45) is 0 Å². The Morgan fingerprint density at radius 3 is 2.08 bits per heavy atom. The maximum absolute atomic E-state index is 5.29. The topological polar surface area (TPSA) is 27.7 Å². The van der Waals surface area contributed by atoms with Crippen LogP contribution >= 0.6 is 0 Å². The molecule has 0 aromatic rings. The minimum absolute atomic E-state index is 0.850. The highest BCUT2D eigenvalue weighted by atomic mass is 28.4. The van der Waals surface area contributed by atoms with Crippen LogP contribution in [0.4, 0.5) is 0 Å². The van der Waals surface area contributed by atoms with Crippen molar-refractivity contribution in [2.75, 3.05) is 21.3 Å². The quantitative estimate of drug-likeness (QED) is 0.501. The molecule has 0 spiro atoms. The SMILES string of the molecule is CO[Si](OC)(OC)C1=CC=CC=[C+]1. The van der Waals surface area contributed by atoms with Crippen molar-refractivity contribution < 1.29 is 13.3 Å². The van der Waals surface area contributed by atoms with Crippen molar-refractivity contribution in [3.63, 3.8) is 0 Å². The third-order valence-corrected chi connectivity index (χ3v) is 4.43. The van der Waals surface area contributed by atoms with Gasteiger partial charge >= 0.3 is 8.80 Å². The maximum atomic E-state index is 5.29. The van der Waals surface area contributed by atoms with Crippen LogP contribution in [-0.2, 0) is 13.3 Å². The number of hydrogen-bond donors (Lipinski definition) is 0. The largest absolute Gasteiger partial charge is 0.574 e. The van der Waals surface area contributed by atoms with Gasteiger partial charge in [0.05, 0.1) is 6.08 Å². The lowest BCUT2D eigenvalue weighted by Crippen LogP contribution is -2.45. The molecule has 0 heterocycles. The summed E-state index contributed by atoms with van der Waals surface area (Å²) in [5.74, 6) is 0. The standard InChI is InChI=1S/C9H13O3Si/c1-10-13(11-2,12-3)9-7-5-4-6-8-9/h4-7H,1-3H3/q+1. The van der Waals surface area contributed by atoms with Gasteiger partial charge in [-0.1, -0.05) is 0 Å². The molecular weight excluding hydrogens is 184 g/mol. The molecule has 1 rings (SSSR count). The van der Waals surface area contributed by atoms with Gasteiger partial charge in [-0.3, -0.25) is 0 Å². The van der Waals surface area contributed by atoms with E-state index in [1.54, 1.807) is 21.3 Å². The van der Waals surface area contributed by atoms with Crippen LogP contribution in [0.5, 0.6) is 0 Å². The van der Waals surface area contributed by atoms with Gasteiger partial charge < -0.3 is 13.3 Å². The van der Waals surface area contributed by atoms with Gasteiger partial charge in [-0.05, 0) is 0 Å². The molecule has 0 aliphatic heterocycles. The molecule has 0 amide bonds. The lowest BCUT2D eigenvalue weighted by Gasteiger charge is -2.21. The first-order chi connectivity index (χ1) is 6.29. The summed E-state index contributed by atoms with van der Waals surface area (Å²) in [5, 5.41) is 0.850. The average Bonchev–Trinajstić information content (AvgIpc) is 2.23. The molecule has 4 heteroatoms. The second-order valence-corrected chi connectivity index (χ2v) is 5.32. The molecule has 0 saturated carbocycles. The van der Waals surface area contributed by atoms with Crippen molar-refractivity contribution in [2.45, 2.75) is 0 Å². The number of allylic oxidation sites excluding steroid dienone is 6. The normalized spacial score (nSPS) is 15.5. The Balaban J connectivity index is 2.93. The van der Waals surface area contributed by atoms with E-state index in [9.17, 15) is 0 Å². The van der Waals surface area contributed by atoms with Crippen LogP contribution in [0.25, 0.3) is 0 Å². The fraction of sp³-hybridized carbons (Fsp3) is 0.333. The van der Waals surface area contributed by atoms with E-state index in [1.807, 2.05) is 24.3 Å². The summed E-state index contributed by atoms with van der Waals surface area (Å²) in [4.78, 5) is 0. The van der Waals surface area contributed by atoms with Gasteiger partial charge in [0.1, 0.15) is 6.08 Å². The molecule has 0 aromatic heterocycles. The van der Waals surface area contributed by atoms with E-state index in [2.05, 4.69) is 6.08 Å². The average molecular weight is 197 g/mol. The van der Waals surface area contributed by atoms with E-state index in [0.29, 0.717) is 0 Å². The third kappa shape index (κ3) is 1.93. The summed E-state index contributed by atoms with van der Waals surface area (Å²) in [5.41, 5.74) is 0. The Morgan fingerprint density at radius 2 is 1.69 bits per heavy atom. The van der Waals surface area contributed by atoms with Crippen LogP contribution in [-0.4, -0.2) is 30.1 Å². The van der Waals surface area contributed by atoms with Crippen LogP contribution in [0, 0.1) is 6.08 Å². The first kappa shape index (κ1) is 10.3. The van der Waals surface area contributed by atoms with Crippen LogP contribution in [0.2, 0.25) is 0 Å². The van der Waals surface area contributed by atoms with Crippen molar-refractivity contribution >= 4 is 8.80 Å². The van der Waals surface area contributed by atoms with E-state index >= 15 is 0 Å². The lowest BCUT2D eigenvalue weighted by atomic mass is 10.3. The molecule has 0 saturated heterocycles. The minimum Gasteiger partial charge on any atom is -0.372 e. The summed E-state index contributed by atoms with van der Waals surface area (Å²) in [6.07, 6.45) is 10.6. The van der Waals surface area contributed by atoms with Gasteiger partial charge in [0.15, 0.2) is 5.20 Å². The smallest absolute Gasteiger partial charge is 0.372 e. The minimum atomic E-state index is -2.65. The summed E-state index contributed by atoms with van der Waals surface area (Å²) in [6.45, 7) is 0. The van der Waals surface area contributed by atoms with E-state index in [4.69, 9.17) is 13.3 Å².